The summed E-state index contributed by atoms with van der Waals surface area (Å²) in [5, 5.41) is 15.8. The number of nitrogen functional groups attached to an aromatic ring is 1. The van der Waals surface area contributed by atoms with Gasteiger partial charge in [0.05, 0.1) is 25.4 Å². The highest BCUT2D eigenvalue weighted by atomic mass is 16.4. The molecule has 0 saturated heterocycles. The van der Waals surface area contributed by atoms with E-state index in [0.717, 1.165) is 0 Å². The third-order valence-corrected chi connectivity index (χ3v) is 1.07. The first-order chi connectivity index (χ1) is 7.93. The van der Waals surface area contributed by atoms with Crippen LogP contribution >= 0.6 is 0 Å². The lowest BCUT2D eigenvalue weighted by Crippen LogP contribution is -2.00. The predicted molar refractivity (Wildman–Crippen MR) is 57.8 cm³/mol. The number of carboxylic acid groups (broad SMARTS) is 2. The number of carboxylic acids is 2. The maximum Gasteiger partial charge on any atom is 0.303 e. The summed E-state index contributed by atoms with van der Waals surface area (Å²) in [5.74, 6) is -1.55. The first-order valence-corrected chi connectivity index (χ1v) is 4.26. The molecule has 0 aliphatic heterocycles. The van der Waals surface area contributed by atoms with Gasteiger partial charge in [-0.15, -0.1) is 0 Å². The van der Waals surface area contributed by atoms with Crippen LogP contribution in [0.5, 0.6) is 0 Å². The second-order valence-electron chi connectivity index (χ2n) is 2.43. The molecule has 0 aliphatic carbocycles. The first-order valence-electron chi connectivity index (χ1n) is 4.26. The zero-order valence-corrected chi connectivity index (χ0v) is 8.87. The summed E-state index contributed by atoms with van der Waals surface area (Å²) in [4.78, 5) is 34.2. The van der Waals surface area contributed by atoms with E-state index in [1.165, 1.54) is 6.33 Å². The number of aromatic amines is 1. The van der Waals surface area contributed by atoms with Crippen LogP contribution in [0.3, 0.4) is 0 Å². The molecule has 17 heavy (non-hydrogen) atoms. The Morgan fingerprint density at radius 1 is 1.35 bits per heavy atom. The van der Waals surface area contributed by atoms with E-state index in [9.17, 15) is 9.59 Å². The standard InChI is InChI=1S/C4H6O4.C3H5N3.CH3NO/c5-3(6)1-2-4(7)8;4-3-1-5-2-6-3;2-1-3/h1-2H2,(H,5,6)(H,7,8);1-2H,4H2,(H,5,6);1H,(H2,2,3). The van der Waals surface area contributed by atoms with Gasteiger partial charge in [0.15, 0.2) is 0 Å². The van der Waals surface area contributed by atoms with Crippen molar-refractivity contribution in [1.29, 1.82) is 0 Å². The van der Waals surface area contributed by atoms with Crippen LogP contribution in [0.1, 0.15) is 12.8 Å². The number of aromatic nitrogens is 2. The number of nitrogens with one attached hydrogen (secondary N) is 1. The monoisotopic (exact) mass is 246 g/mol. The third kappa shape index (κ3) is 19.7. The molecule has 0 saturated carbocycles. The van der Waals surface area contributed by atoms with Gasteiger partial charge < -0.3 is 26.7 Å². The number of amides is 1. The number of carbonyl (C=O) groups is 3. The Morgan fingerprint density at radius 3 is 1.88 bits per heavy atom. The molecule has 0 fully saturated rings. The Morgan fingerprint density at radius 2 is 1.76 bits per heavy atom. The number of imidazole rings is 1. The normalized spacial score (nSPS) is 7.76. The van der Waals surface area contributed by atoms with Crippen molar-refractivity contribution in [1.82, 2.24) is 9.97 Å². The number of aliphatic carboxylic acids is 2. The van der Waals surface area contributed by atoms with Crippen LogP contribution in [0.2, 0.25) is 0 Å². The Hall–Kier alpha value is -2.58. The molecule has 9 nitrogen and oxygen atoms in total. The fraction of sp³-hybridized carbons (Fsp3) is 0.250. The second kappa shape index (κ2) is 11.5. The number of hydrogen-bond acceptors (Lipinski definition) is 5. The molecule has 1 rings (SSSR count). The summed E-state index contributed by atoms with van der Waals surface area (Å²) in [7, 11) is 0. The summed E-state index contributed by atoms with van der Waals surface area (Å²) >= 11 is 0. The van der Waals surface area contributed by atoms with Gasteiger partial charge in [0, 0.05) is 0 Å². The van der Waals surface area contributed by atoms with E-state index in [2.05, 4.69) is 15.7 Å². The van der Waals surface area contributed by atoms with Gasteiger partial charge in [-0.1, -0.05) is 0 Å². The molecule has 96 valence electrons. The van der Waals surface area contributed by atoms with Crippen LogP contribution in [-0.4, -0.2) is 38.5 Å². The zero-order chi connectivity index (χ0) is 13.7. The van der Waals surface area contributed by atoms with E-state index in [4.69, 9.17) is 20.7 Å². The number of rotatable bonds is 3. The predicted octanol–water partition coefficient (Wildman–Crippen LogP) is -0.971. The molecule has 0 spiro atoms. The lowest BCUT2D eigenvalue weighted by atomic mass is 10.3. The summed E-state index contributed by atoms with van der Waals surface area (Å²) in [6, 6.07) is 0. The first kappa shape index (κ1) is 16.8. The van der Waals surface area contributed by atoms with E-state index in [0.29, 0.717) is 5.82 Å². The molecule has 1 aromatic heterocycles. The third-order valence-electron chi connectivity index (χ3n) is 1.07. The molecule has 1 amide bonds. The van der Waals surface area contributed by atoms with Crippen molar-refractivity contribution in [3.63, 3.8) is 0 Å². The largest absolute Gasteiger partial charge is 0.481 e. The van der Waals surface area contributed by atoms with Crippen molar-refractivity contribution < 1.29 is 24.6 Å². The number of primary amides is 1. The van der Waals surface area contributed by atoms with Crippen molar-refractivity contribution >= 4 is 24.2 Å². The molecule has 0 radical (unpaired) electrons. The van der Waals surface area contributed by atoms with Gasteiger partial charge in [-0.05, 0) is 0 Å². The molecule has 1 aromatic rings. The number of H-pyrrole nitrogens is 1. The van der Waals surface area contributed by atoms with Crippen molar-refractivity contribution in [2.75, 3.05) is 5.73 Å². The van der Waals surface area contributed by atoms with Gasteiger partial charge >= 0.3 is 11.9 Å². The highest BCUT2D eigenvalue weighted by Gasteiger charge is 2.00. The van der Waals surface area contributed by atoms with Gasteiger partial charge in [0.1, 0.15) is 5.82 Å². The average molecular weight is 246 g/mol. The molecule has 0 atom stereocenters. The van der Waals surface area contributed by atoms with Crippen molar-refractivity contribution in [2.24, 2.45) is 5.73 Å². The van der Waals surface area contributed by atoms with Gasteiger partial charge in [0.25, 0.3) is 0 Å². The molecule has 0 bridgehead atoms. The summed E-state index contributed by atoms with van der Waals surface area (Å²) < 4.78 is 0. The van der Waals surface area contributed by atoms with Crippen LogP contribution in [0.25, 0.3) is 0 Å². The van der Waals surface area contributed by atoms with Gasteiger partial charge in [-0.25, -0.2) is 4.98 Å². The Bertz CT molecular complexity index is 311. The number of nitrogens with two attached hydrogens (primary N) is 2. The van der Waals surface area contributed by atoms with E-state index in [-0.39, 0.29) is 19.3 Å². The van der Waals surface area contributed by atoms with E-state index >= 15 is 0 Å². The second-order valence-corrected chi connectivity index (χ2v) is 2.43. The number of hydrogen-bond donors (Lipinski definition) is 5. The van der Waals surface area contributed by atoms with Crippen molar-refractivity contribution in [3.05, 3.63) is 12.5 Å². The van der Waals surface area contributed by atoms with Crippen LogP contribution in [0, 0.1) is 0 Å². The molecular formula is C8H14N4O5. The molecular weight excluding hydrogens is 232 g/mol. The van der Waals surface area contributed by atoms with E-state index in [1.54, 1.807) is 6.20 Å². The Balaban J connectivity index is 0. The van der Waals surface area contributed by atoms with Gasteiger partial charge in [0.2, 0.25) is 6.41 Å². The zero-order valence-electron chi connectivity index (χ0n) is 8.87. The van der Waals surface area contributed by atoms with Crippen molar-refractivity contribution in [3.8, 4) is 0 Å². The van der Waals surface area contributed by atoms with Crippen molar-refractivity contribution in [2.45, 2.75) is 12.8 Å². The minimum Gasteiger partial charge on any atom is -0.481 e. The molecule has 9 heteroatoms. The van der Waals surface area contributed by atoms with Gasteiger partial charge in [-0.2, -0.15) is 0 Å². The molecule has 0 aromatic carbocycles. The van der Waals surface area contributed by atoms with E-state index in [1.807, 2.05) is 0 Å². The topological polar surface area (TPSA) is 172 Å². The van der Waals surface area contributed by atoms with Crippen LogP contribution in [-0.2, 0) is 14.4 Å². The lowest BCUT2D eigenvalue weighted by Gasteiger charge is -1.85. The Kier molecular flexibility index (Phi) is 11.4. The summed E-state index contributed by atoms with van der Waals surface area (Å²) in [6.45, 7) is 0. The minimum absolute atomic E-state index is 0.250. The number of anilines is 1. The van der Waals surface area contributed by atoms with Crippen LogP contribution in [0.15, 0.2) is 12.5 Å². The summed E-state index contributed by atoms with van der Waals surface area (Å²) in [6.07, 6.45) is 2.75. The molecule has 0 aliphatic rings. The molecule has 1 heterocycles. The maximum absolute atomic E-state index is 9.64. The van der Waals surface area contributed by atoms with Crippen LogP contribution < -0.4 is 11.5 Å². The molecule has 7 N–H and O–H groups in total. The number of carbonyl (C=O) groups excluding carboxylic acids is 1. The van der Waals surface area contributed by atoms with Gasteiger partial charge in [-0.3, -0.25) is 14.4 Å². The fourth-order valence-electron chi connectivity index (χ4n) is 0.481. The summed E-state index contributed by atoms with van der Waals surface area (Å²) in [5.41, 5.74) is 9.33. The smallest absolute Gasteiger partial charge is 0.303 e. The maximum atomic E-state index is 9.64. The SMILES string of the molecule is NC=O.Nc1cnc[nH]1.O=C(O)CCC(=O)O. The van der Waals surface area contributed by atoms with E-state index < -0.39 is 11.9 Å². The highest BCUT2D eigenvalue weighted by molar-refractivity contribution is 5.75. The Labute approximate surface area is 96.4 Å². The van der Waals surface area contributed by atoms with Crippen LogP contribution in [0.4, 0.5) is 5.82 Å². The minimum atomic E-state index is -1.08. The number of nitrogens with zero attached hydrogens (tertiary/aromatic N) is 1. The fourth-order valence-corrected chi connectivity index (χ4v) is 0.481. The average Bonchev–Trinajstić information content (AvgIpc) is 2.68. The molecule has 0 unspecified atom stereocenters. The highest BCUT2D eigenvalue weighted by Crippen LogP contribution is 1.86. The quantitative estimate of drug-likeness (QED) is 0.426. The lowest BCUT2D eigenvalue weighted by molar-refractivity contribution is -0.143.